The van der Waals surface area contributed by atoms with Gasteiger partial charge in [-0.3, -0.25) is 33.7 Å². The minimum Gasteiger partial charge on any atom is -0.343 e. The molecule has 2 saturated heterocycles. The molecule has 0 aromatic rings. The van der Waals surface area contributed by atoms with Crippen molar-refractivity contribution in [2.24, 2.45) is 33.5 Å². The van der Waals surface area contributed by atoms with Crippen molar-refractivity contribution < 1.29 is 37.2 Å². The quantitative estimate of drug-likeness (QED) is 0.150. The number of piperidine rings is 1. The second-order valence-corrected chi connectivity index (χ2v) is 22.1. The van der Waals surface area contributed by atoms with Gasteiger partial charge in [-0.25, -0.2) is 4.72 Å². The topological polar surface area (TPSA) is 187 Å². The Balaban J connectivity index is 1.28. The Hall–Kier alpha value is -3.08. The lowest BCUT2D eigenvalue weighted by Gasteiger charge is -2.40. The maximum absolute atomic E-state index is 15.2. The fourth-order valence-corrected chi connectivity index (χ4v) is 12.5. The van der Waals surface area contributed by atoms with Crippen LogP contribution in [-0.2, 0) is 39.0 Å². The zero-order chi connectivity index (χ0) is 43.5. The molecule has 0 aromatic heterocycles. The van der Waals surface area contributed by atoms with Crippen LogP contribution in [0.3, 0.4) is 0 Å². The summed E-state index contributed by atoms with van der Waals surface area (Å²) in [6.07, 6.45) is 12.3. The van der Waals surface area contributed by atoms with Crippen molar-refractivity contribution in [3.8, 4) is 0 Å². The number of carbonyl (C=O) groups excluding carboxylic acids is 5. The van der Waals surface area contributed by atoms with Gasteiger partial charge in [0.25, 0.3) is 5.91 Å². The van der Waals surface area contributed by atoms with Gasteiger partial charge in [0, 0.05) is 31.0 Å². The van der Waals surface area contributed by atoms with Crippen molar-refractivity contribution >= 4 is 39.7 Å². The summed E-state index contributed by atoms with van der Waals surface area (Å²) in [5.41, 5.74) is -2.94. The second-order valence-electron chi connectivity index (χ2n) is 20.4. The summed E-state index contributed by atoms with van der Waals surface area (Å²) in [6.45, 7) is 19.2. The molecule has 15 nitrogen and oxygen atoms in total. The van der Waals surface area contributed by atoms with Crippen LogP contribution < -0.4 is 20.7 Å². The standard InChI is InChI=1S/C43H71N7O8S/c1-11-29-24-43(29,38(55)47-59(56,57)48(9)58-10)46-35(52)31-25-42(40(7,8)41(42)21-17-22-41)26-50(31)37(54)33(39(4,5)6)45-36(53)32(28-18-13-12-14-19-28)44-34(51)30-20-15-16-23-49(30)27(2)3/h11,27-33H,1,12-26H2,2-10H3,(H,44,51)(H,45,53)(H,46,52)(H,47,55)/t29-,30+,31+,32+,33-,42-,43-/m1/s1. The van der Waals surface area contributed by atoms with E-state index in [1.807, 2.05) is 25.5 Å². The van der Waals surface area contributed by atoms with Crippen molar-refractivity contribution in [2.45, 2.75) is 168 Å². The summed E-state index contributed by atoms with van der Waals surface area (Å²) in [5, 5.41) is 9.22. The van der Waals surface area contributed by atoms with Crippen LogP contribution in [0, 0.1) is 33.5 Å². The molecule has 2 spiro atoms. The van der Waals surface area contributed by atoms with Gasteiger partial charge >= 0.3 is 10.2 Å². The summed E-state index contributed by atoms with van der Waals surface area (Å²) < 4.78 is 28.2. The van der Waals surface area contributed by atoms with Gasteiger partial charge in [0.05, 0.1) is 13.2 Å². The number of hydrogen-bond donors (Lipinski definition) is 4. The minimum atomic E-state index is -4.38. The molecule has 0 unspecified atom stereocenters. The van der Waals surface area contributed by atoms with Crippen LogP contribution in [-0.4, -0.2) is 115 Å². The number of amides is 5. The normalized spacial score (nSPS) is 31.3. The summed E-state index contributed by atoms with van der Waals surface area (Å²) in [6, 6.07) is -3.00. The van der Waals surface area contributed by atoms with Crippen LogP contribution in [0.15, 0.2) is 12.7 Å². The second kappa shape index (κ2) is 16.3. The number of fused-ring (bicyclic) bond motifs is 1. The number of likely N-dealkylation sites (tertiary alicyclic amines) is 2. The summed E-state index contributed by atoms with van der Waals surface area (Å²) in [7, 11) is -2.09. The van der Waals surface area contributed by atoms with E-state index < -0.39 is 68.8 Å². The van der Waals surface area contributed by atoms with E-state index >= 15 is 4.79 Å². The molecule has 6 aliphatic rings. The highest BCUT2D eigenvalue weighted by molar-refractivity contribution is 7.87. The fourth-order valence-electron chi connectivity index (χ4n) is 11.8. The number of rotatable bonds is 14. The molecule has 332 valence electrons. The van der Waals surface area contributed by atoms with E-state index in [1.165, 1.54) is 6.08 Å². The molecule has 0 radical (unpaired) electrons. The monoisotopic (exact) mass is 846 g/mol. The summed E-state index contributed by atoms with van der Waals surface area (Å²) in [5.74, 6) is -3.05. The number of nitrogens with one attached hydrogen (secondary N) is 4. The van der Waals surface area contributed by atoms with E-state index in [0.29, 0.717) is 17.4 Å². The maximum atomic E-state index is 15.2. The zero-order valence-electron chi connectivity index (χ0n) is 36.9. The largest absolute Gasteiger partial charge is 0.343 e. The Bertz CT molecular complexity index is 1790. The minimum absolute atomic E-state index is 0.0372. The van der Waals surface area contributed by atoms with Gasteiger partial charge in [0.15, 0.2) is 0 Å². The van der Waals surface area contributed by atoms with Crippen LogP contribution >= 0.6 is 0 Å². The lowest BCUT2D eigenvalue weighted by atomic mass is 9.73. The molecule has 4 N–H and O–H groups in total. The van der Waals surface area contributed by atoms with E-state index in [0.717, 1.165) is 91.3 Å². The highest BCUT2D eigenvalue weighted by Crippen LogP contribution is 2.88. The highest BCUT2D eigenvalue weighted by atomic mass is 32.2. The van der Waals surface area contributed by atoms with Crippen molar-refractivity contribution in [1.29, 1.82) is 0 Å². The number of hydrogen-bond acceptors (Lipinski definition) is 9. The van der Waals surface area contributed by atoms with Gasteiger partial charge in [-0.1, -0.05) is 77.3 Å². The molecule has 59 heavy (non-hydrogen) atoms. The molecule has 16 heteroatoms. The zero-order valence-corrected chi connectivity index (χ0v) is 37.8. The molecule has 6 rings (SSSR count). The van der Waals surface area contributed by atoms with Gasteiger partial charge in [0.1, 0.15) is 23.7 Å². The van der Waals surface area contributed by atoms with Crippen molar-refractivity contribution in [2.75, 3.05) is 27.2 Å². The summed E-state index contributed by atoms with van der Waals surface area (Å²) >= 11 is 0. The van der Waals surface area contributed by atoms with Crippen molar-refractivity contribution in [3.63, 3.8) is 0 Å². The third-order valence-corrected chi connectivity index (χ3v) is 17.1. The van der Waals surface area contributed by atoms with E-state index in [9.17, 15) is 27.6 Å². The molecular formula is C43H71N7O8S. The fraction of sp³-hybridized carbons (Fsp3) is 0.837. The van der Waals surface area contributed by atoms with Gasteiger partial charge in [-0.15, -0.1) is 6.58 Å². The van der Waals surface area contributed by atoms with E-state index in [1.54, 1.807) is 4.90 Å². The molecule has 2 aliphatic heterocycles. The third kappa shape index (κ3) is 7.86. The molecule has 0 aromatic carbocycles. The third-order valence-electron chi connectivity index (χ3n) is 15.9. The first-order chi connectivity index (χ1) is 27.5. The van der Waals surface area contributed by atoms with E-state index in [4.69, 9.17) is 4.84 Å². The van der Waals surface area contributed by atoms with Crippen molar-refractivity contribution in [1.82, 2.24) is 34.9 Å². The predicted octanol–water partition coefficient (Wildman–Crippen LogP) is 3.56. The predicted molar refractivity (Wildman–Crippen MR) is 223 cm³/mol. The van der Waals surface area contributed by atoms with Crippen LogP contribution in [0.5, 0.6) is 0 Å². The van der Waals surface area contributed by atoms with Gasteiger partial charge in [-0.05, 0) is 93.9 Å². The Labute approximate surface area is 352 Å². The molecule has 4 saturated carbocycles. The van der Waals surface area contributed by atoms with Crippen LogP contribution in [0.2, 0.25) is 0 Å². The number of carbonyl (C=O) groups is 5. The van der Waals surface area contributed by atoms with E-state index in [2.05, 4.69) is 55.1 Å². The lowest BCUT2D eigenvalue weighted by molar-refractivity contribution is -0.145. The van der Waals surface area contributed by atoms with Gasteiger partial charge < -0.3 is 20.9 Å². The first-order valence-corrected chi connectivity index (χ1v) is 23.4. The Morgan fingerprint density at radius 3 is 2.05 bits per heavy atom. The first-order valence-electron chi connectivity index (χ1n) is 22.0. The molecule has 0 bridgehead atoms. The molecule has 5 amide bonds. The Morgan fingerprint density at radius 1 is 0.881 bits per heavy atom. The number of hydroxylamine groups is 1. The Morgan fingerprint density at radius 2 is 1.53 bits per heavy atom. The average Bonchev–Trinajstić information content (AvgIpc) is 3.89. The van der Waals surface area contributed by atoms with Gasteiger partial charge in [0.2, 0.25) is 23.6 Å². The molecular weight excluding hydrogens is 775 g/mol. The van der Waals surface area contributed by atoms with Crippen LogP contribution in [0.4, 0.5) is 0 Å². The summed E-state index contributed by atoms with van der Waals surface area (Å²) in [4.78, 5) is 81.0. The van der Waals surface area contributed by atoms with Crippen LogP contribution in [0.25, 0.3) is 0 Å². The maximum Gasteiger partial charge on any atom is 0.325 e. The average molecular weight is 846 g/mol. The molecule has 2 heterocycles. The van der Waals surface area contributed by atoms with E-state index in [-0.39, 0.29) is 46.6 Å². The highest BCUT2D eigenvalue weighted by Gasteiger charge is 2.85. The smallest absolute Gasteiger partial charge is 0.325 e. The molecule has 7 atom stereocenters. The number of nitrogens with zero attached hydrogens (tertiary/aromatic N) is 3. The van der Waals surface area contributed by atoms with Crippen molar-refractivity contribution in [3.05, 3.63) is 12.7 Å². The Kier molecular flexibility index (Phi) is 12.6. The van der Waals surface area contributed by atoms with Crippen LogP contribution in [0.1, 0.15) is 132 Å². The molecule has 4 aliphatic carbocycles. The lowest BCUT2D eigenvalue weighted by Crippen LogP contribution is -2.63. The SMILES string of the molecule is C=C[C@@H]1C[C@]1(NC(=O)[C@@H]1C[C@@]2(CN1C(=O)[C@@H](NC(=O)[C@@H](NC(=O)[C@@H]1CCCCN1C(C)C)C1CCCCC1)C(C)(C)C)C(C)(C)C21CCC1)C(=O)NS(=O)(=O)N(C)OC. The first kappa shape index (κ1) is 45.4. The van der Waals surface area contributed by atoms with Gasteiger partial charge in [-0.2, -0.15) is 8.42 Å². The molecule has 6 fully saturated rings.